The lowest BCUT2D eigenvalue weighted by Gasteiger charge is -2.25. The number of furan rings is 1. The van der Waals surface area contributed by atoms with Gasteiger partial charge >= 0.3 is 0 Å². The van der Waals surface area contributed by atoms with E-state index in [4.69, 9.17) is 14.5 Å². The third-order valence-electron chi connectivity index (χ3n) is 4.53. The Morgan fingerprint density at radius 2 is 2.00 bits per heavy atom. The van der Waals surface area contributed by atoms with E-state index in [9.17, 15) is 0 Å². The summed E-state index contributed by atoms with van der Waals surface area (Å²) in [6.07, 6.45) is 13.3. The van der Waals surface area contributed by atoms with E-state index in [0.29, 0.717) is 12.6 Å². The minimum Gasteiger partial charge on any atom is -0.469 e. The number of nitrogens with zero attached hydrogens (tertiary/aromatic N) is 1. The Hall–Kier alpha value is -1.49. The molecule has 0 atom stereocenters. The van der Waals surface area contributed by atoms with Gasteiger partial charge < -0.3 is 20.2 Å². The third-order valence-corrected chi connectivity index (χ3v) is 4.53. The average Bonchev–Trinajstić information content (AvgIpc) is 3.12. The molecule has 5 heteroatoms. The fraction of sp³-hybridized carbons (Fsp3) is 0.737. The van der Waals surface area contributed by atoms with E-state index in [2.05, 4.69) is 10.6 Å². The van der Waals surface area contributed by atoms with Crippen molar-refractivity contribution >= 4 is 5.96 Å². The van der Waals surface area contributed by atoms with Crippen LogP contribution < -0.4 is 10.6 Å². The van der Waals surface area contributed by atoms with Gasteiger partial charge in [0.05, 0.1) is 6.26 Å². The lowest BCUT2D eigenvalue weighted by molar-refractivity contribution is 0.282. The number of hydrogen-bond acceptors (Lipinski definition) is 3. The Bertz CT molecular complexity index is 439. The van der Waals surface area contributed by atoms with Crippen LogP contribution >= 0.6 is 0 Å². The Balaban J connectivity index is 1.73. The lowest BCUT2D eigenvalue weighted by Crippen LogP contribution is -2.45. The third kappa shape index (κ3) is 7.86. The van der Waals surface area contributed by atoms with Gasteiger partial charge in [0.2, 0.25) is 0 Å². The van der Waals surface area contributed by atoms with Gasteiger partial charge in [0.25, 0.3) is 0 Å². The number of aliphatic hydroxyl groups is 1. The zero-order valence-corrected chi connectivity index (χ0v) is 14.8. The SMILES string of the molecule is OCCCCCCN=C(NCCc1ccco1)NC1CCCCC1. The van der Waals surface area contributed by atoms with Crippen LogP contribution in [-0.4, -0.2) is 36.8 Å². The van der Waals surface area contributed by atoms with Gasteiger partial charge in [-0.2, -0.15) is 0 Å². The van der Waals surface area contributed by atoms with Crippen molar-refractivity contribution in [3.8, 4) is 0 Å². The summed E-state index contributed by atoms with van der Waals surface area (Å²) in [6.45, 7) is 1.97. The second-order valence-corrected chi connectivity index (χ2v) is 6.60. The second kappa shape index (κ2) is 12.0. The molecule has 0 spiro atoms. The summed E-state index contributed by atoms with van der Waals surface area (Å²) in [6, 6.07) is 4.49. The first kappa shape index (κ1) is 18.8. The van der Waals surface area contributed by atoms with Crippen molar-refractivity contribution in [2.24, 2.45) is 4.99 Å². The fourth-order valence-corrected chi connectivity index (χ4v) is 3.12. The highest BCUT2D eigenvalue weighted by molar-refractivity contribution is 5.80. The lowest BCUT2D eigenvalue weighted by atomic mass is 9.96. The van der Waals surface area contributed by atoms with Crippen LogP contribution in [0.3, 0.4) is 0 Å². The molecule has 0 unspecified atom stereocenters. The molecule has 1 aromatic heterocycles. The summed E-state index contributed by atoms with van der Waals surface area (Å²) in [5.74, 6) is 1.94. The summed E-state index contributed by atoms with van der Waals surface area (Å²) in [5.41, 5.74) is 0. The molecule has 2 rings (SSSR count). The smallest absolute Gasteiger partial charge is 0.191 e. The molecular formula is C19H33N3O2. The van der Waals surface area contributed by atoms with E-state index in [1.165, 1.54) is 32.1 Å². The van der Waals surface area contributed by atoms with E-state index in [-0.39, 0.29) is 0 Å². The fourth-order valence-electron chi connectivity index (χ4n) is 3.12. The van der Waals surface area contributed by atoms with Crippen LogP contribution in [0.5, 0.6) is 0 Å². The first-order chi connectivity index (χ1) is 11.9. The Kier molecular flexibility index (Phi) is 9.39. The van der Waals surface area contributed by atoms with Crippen molar-refractivity contribution in [2.75, 3.05) is 19.7 Å². The molecule has 1 saturated carbocycles. The summed E-state index contributed by atoms with van der Waals surface area (Å²) in [5, 5.41) is 15.9. The van der Waals surface area contributed by atoms with Crippen molar-refractivity contribution in [3.63, 3.8) is 0 Å². The van der Waals surface area contributed by atoms with E-state index in [0.717, 1.165) is 56.9 Å². The number of aliphatic hydroxyl groups excluding tert-OH is 1. The summed E-state index contributed by atoms with van der Waals surface area (Å²) in [4.78, 5) is 4.74. The molecule has 24 heavy (non-hydrogen) atoms. The van der Waals surface area contributed by atoms with E-state index >= 15 is 0 Å². The molecule has 0 saturated heterocycles. The highest BCUT2D eigenvalue weighted by atomic mass is 16.3. The number of aliphatic imine (C=N–C) groups is 1. The standard InChI is InChI=1S/C19H33N3O2/c23-15-7-2-1-6-13-20-19(22-17-9-4-3-5-10-17)21-14-12-18-11-8-16-24-18/h8,11,16-17,23H,1-7,9-10,12-15H2,(H2,20,21,22). The van der Waals surface area contributed by atoms with Crippen LogP contribution in [-0.2, 0) is 6.42 Å². The molecule has 1 aliphatic carbocycles. The monoisotopic (exact) mass is 335 g/mol. The molecule has 0 amide bonds. The zero-order valence-electron chi connectivity index (χ0n) is 14.8. The number of guanidine groups is 1. The van der Waals surface area contributed by atoms with Crippen LogP contribution in [0.1, 0.15) is 63.5 Å². The summed E-state index contributed by atoms with van der Waals surface area (Å²) >= 11 is 0. The minimum atomic E-state index is 0.298. The van der Waals surface area contributed by atoms with Gasteiger partial charge in [-0.25, -0.2) is 0 Å². The molecular weight excluding hydrogens is 302 g/mol. The molecule has 1 aliphatic rings. The van der Waals surface area contributed by atoms with Gasteiger partial charge in [0, 0.05) is 32.2 Å². The maximum atomic E-state index is 8.81. The van der Waals surface area contributed by atoms with Crippen LogP contribution in [0.4, 0.5) is 0 Å². The van der Waals surface area contributed by atoms with Gasteiger partial charge in [-0.05, 0) is 37.8 Å². The Morgan fingerprint density at radius 1 is 1.17 bits per heavy atom. The van der Waals surface area contributed by atoms with Crippen molar-refractivity contribution < 1.29 is 9.52 Å². The number of unbranched alkanes of at least 4 members (excludes halogenated alkanes) is 3. The van der Waals surface area contributed by atoms with Gasteiger partial charge in [-0.15, -0.1) is 0 Å². The average molecular weight is 335 g/mol. The molecule has 136 valence electrons. The van der Waals surface area contributed by atoms with Gasteiger partial charge in [0.15, 0.2) is 5.96 Å². The number of rotatable bonds is 10. The van der Waals surface area contributed by atoms with Gasteiger partial charge in [0.1, 0.15) is 5.76 Å². The molecule has 5 nitrogen and oxygen atoms in total. The summed E-state index contributed by atoms with van der Waals surface area (Å²) < 4.78 is 5.38. The normalized spacial score (nSPS) is 16.3. The van der Waals surface area contributed by atoms with Crippen LogP contribution in [0, 0.1) is 0 Å². The van der Waals surface area contributed by atoms with Gasteiger partial charge in [-0.3, -0.25) is 4.99 Å². The largest absolute Gasteiger partial charge is 0.469 e. The molecule has 3 N–H and O–H groups in total. The van der Waals surface area contributed by atoms with Crippen molar-refractivity contribution in [2.45, 2.75) is 70.3 Å². The molecule has 1 heterocycles. The van der Waals surface area contributed by atoms with Crippen molar-refractivity contribution in [3.05, 3.63) is 24.2 Å². The predicted molar refractivity (Wildman–Crippen MR) is 98.3 cm³/mol. The predicted octanol–water partition coefficient (Wildman–Crippen LogP) is 3.24. The minimum absolute atomic E-state index is 0.298. The Morgan fingerprint density at radius 3 is 2.75 bits per heavy atom. The van der Waals surface area contributed by atoms with E-state index in [1.807, 2.05) is 12.1 Å². The second-order valence-electron chi connectivity index (χ2n) is 6.60. The highest BCUT2D eigenvalue weighted by Gasteiger charge is 2.14. The molecule has 1 aromatic rings. The van der Waals surface area contributed by atoms with Gasteiger partial charge in [-0.1, -0.05) is 32.1 Å². The first-order valence-electron chi connectivity index (χ1n) is 9.56. The number of nitrogens with one attached hydrogen (secondary N) is 2. The summed E-state index contributed by atoms with van der Waals surface area (Å²) in [7, 11) is 0. The van der Waals surface area contributed by atoms with E-state index < -0.39 is 0 Å². The molecule has 0 bridgehead atoms. The van der Waals surface area contributed by atoms with E-state index in [1.54, 1.807) is 6.26 Å². The Labute approximate surface area is 145 Å². The van der Waals surface area contributed by atoms with Crippen molar-refractivity contribution in [1.82, 2.24) is 10.6 Å². The number of hydrogen-bond donors (Lipinski definition) is 3. The first-order valence-corrected chi connectivity index (χ1v) is 9.56. The molecule has 1 fully saturated rings. The maximum absolute atomic E-state index is 8.81. The molecule has 0 aliphatic heterocycles. The topological polar surface area (TPSA) is 69.8 Å². The van der Waals surface area contributed by atoms with Crippen LogP contribution in [0.25, 0.3) is 0 Å². The van der Waals surface area contributed by atoms with Crippen LogP contribution in [0.15, 0.2) is 27.8 Å². The molecule has 0 radical (unpaired) electrons. The quantitative estimate of drug-likeness (QED) is 0.349. The van der Waals surface area contributed by atoms with Crippen molar-refractivity contribution in [1.29, 1.82) is 0 Å². The maximum Gasteiger partial charge on any atom is 0.191 e. The highest BCUT2D eigenvalue weighted by Crippen LogP contribution is 2.17. The van der Waals surface area contributed by atoms with Crippen LogP contribution in [0.2, 0.25) is 0 Å². The molecule has 0 aromatic carbocycles. The zero-order chi connectivity index (χ0) is 16.9.